The van der Waals surface area contributed by atoms with Crippen LogP contribution >= 0.6 is 24.0 Å². The number of anilines is 1. The second-order valence-electron chi connectivity index (χ2n) is 6.82. The zero-order chi connectivity index (χ0) is 21.1. The Morgan fingerprint density at radius 3 is 2.47 bits per heavy atom. The van der Waals surface area contributed by atoms with Crippen molar-refractivity contribution >= 4 is 41.5 Å². The first kappa shape index (κ1) is 25.7. The van der Waals surface area contributed by atoms with Crippen LogP contribution in [0.3, 0.4) is 0 Å². The Morgan fingerprint density at radius 2 is 1.80 bits per heavy atom. The Kier molecular flexibility index (Phi) is 11.9. The number of benzene rings is 2. The van der Waals surface area contributed by atoms with E-state index in [9.17, 15) is 4.79 Å². The molecule has 0 aliphatic rings. The lowest BCUT2D eigenvalue weighted by Crippen LogP contribution is -2.42. The highest BCUT2D eigenvalue weighted by molar-refractivity contribution is 14.0. The van der Waals surface area contributed by atoms with E-state index in [1.807, 2.05) is 24.3 Å². The first-order chi connectivity index (χ1) is 14.1. The van der Waals surface area contributed by atoms with Crippen LogP contribution in [0, 0.1) is 6.92 Å². The number of nitrogens with one attached hydrogen (secondary N) is 3. The minimum atomic E-state index is -0.0635. The van der Waals surface area contributed by atoms with Crippen molar-refractivity contribution in [3.05, 3.63) is 65.2 Å². The molecule has 0 aliphatic heterocycles. The van der Waals surface area contributed by atoms with E-state index < -0.39 is 0 Å². The lowest BCUT2D eigenvalue weighted by atomic mass is 10.1. The fraction of sp³-hybridized carbons (Fsp3) is 0.391. The molecule has 0 spiro atoms. The topological polar surface area (TPSA) is 68.8 Å². The molecule has 0 saturated carbocycles. The molecule has 164 valence electrons. The van der Waals surface area contributed by atoms with E-state index >= 15 is 0 Å². The molecule has 0 aliphatic carbocycles. The number of para-hydroxylation sites is 1. The Balaban J connectivity index is 0.00000450. The van der Waals surface area contributed by atoms with E-state index in [-0.39, 0.29) is 29.9 Å². The van der Waals surface area contributed by atoms with Gasteiger partial charge in [0.05, 0.1) is 0 Å². The second kappa shape index (κ2) is 13.8. The van der Waals surface area contributed by atoms with Crippen molar-refractivity contribution in [1.82, 2.24) is 16.0 Å². The lowest BCUT2D eigenvalue weighted by molar-refractivity contribution is 0.0963. The lowest BCUT2D eigenvalue weighted by Gasteiger charge is -2.25. The summed E-state index contributed by atoms with van der Waals surface area (Å²) < 4.78 is 0. The summed E-state index contributed by atoms with van der Waals surface area (Å²) in [5, 5.41) is 9.38. The van der Waals surface area contributed by atoms with Crippen LogP contribution < -0.4 is 20.9 Å². The molecule has 30 heavy (non-hydrogen) atoms. The molecular formula is C23H34IN5O. The fourth-order valence-corrected chi connectivity index (χ4v) is 3.23. The quantitative estimate of drug-likeness (QED) is 0.268. The van der Waals surface area contributed by atoms with E-state index in [2.05, 4.69) is 64.0 Å². The van der Waals surface area contributed by atoms with Crippen molar-refractivity contribution in [2.45, 2.75) is 20.3 Å². The minimum absolute atomic E-state index is 0. The zero-order valence-electron chi connectivity index (χ0n) is 18.4. The van der Waals surface area contributed by atoms with Gasteiger partial charge in [-0.05, 0) is 49.6 Å². The van der Waals surface area contributed by atoms with Gasteiger partial charge < -0.3 is 20.9 Å². The van der Waals surface area contributed by atoms with E-state index in [4.69, 9.17) is 0 Å². The zero-order valence-corrected chi connectivity index (χ0v) is 20.7. The Bertz CT molecular complexity index is 825. The number of halogens is 1. The summed E-state index contributed by atoms with van der Waals surface area (Å²) in [5.41, 5.74) is 4.36. The molecule has 0 radical (unpaired) electrons. The number of aliphatic imine (C=N–C) groups is 1. The van der Waals surface area contributed by atoms with Gasteiger partial charge in [-0.25, -0.2) is 0 Å². The molecule has 7 heteroatoms. The molecule has 3 N–H and O–H groups in total. The average molecular weight is 523 g/mol. The normalized spacial score (nSPS) is 10.7. The molecule has 2 aromatic carbocycles. The summed E-state index contributed by atoms with van der Waals surface area (Å²) >= 11 is 0. The number of hydrogen-bond donors (Lipinski definition) is 3. The van der Waals surface area contributed by atoms with Crippen molar-refractivity contribution in [2.75, 3.05) is 45.2 Å². The molecule has 0 atom stereocenters. The van der Waals surface area contributed by atoms with E-state index in [1.165, 1.54) is 11.3 Å². The predicted octanol–water partition coefficient (Wildman–Crippen LogP) is 3.21. The van der Waals surface area contributed by atoms with Gasteiger partial charge in [0.25, 0.3) is 5.91 Å². The number of carbonyl (C=O) groups excluding carboxylic acids is 1. The summed E-state index contributed by atoms with van der Waals surface area (Å²) in [4.78, 5) is 18.4. The number of carbonyl (C=O) groups is 1. The van der Waals surface area contributed by atoms with Crippen LogP contribution in [0.15, 0.2) is 53.5 Å². The molecule has 0 fully saturated rings. The van der Waals surface area contributed by atoms with Crippen LogP contribution in [0.25, 0.3) is 0 Å². The number of nitrogens with zero attached hydrogens (tertiary/aromatic N) is 2. The van der Waals surface area contributed by atoms with Gasteiger partial charge in [0.1, 0.15) is 0 Å². The van der Waals surface area contributed by atoms with Crippen molar-refractivity contribution < 1.29 is 4.79 Å². The van der Waals surface area contributed by atoms with E-state index in [0.29, 0.717) is 5.56 Å². The van der Waals surface area contributed by atoms with Crippen LogP contribution in [0.5, 0.6) is 0 Å². The molecule has 2 rings (SSSR count). The van der Waals surface area contributed by atoms with Crippen LogP contribution in [0.4, 0.5) is 5.69 Å². The highest BCUT2D eigenvalue weighted by Crippen LogP contribution is 2.18. The van der Waals surface area contributed by atoms with Crippen molar-refractivity contribution in [1.29, 1.82) is 0 Å². The van der Waals surface area contributed by atoms with Crippen molar-refractivity contribution in [2.24, 2.45) is 4.99 Å². The third-order valence-electron chi connectivity index (χ3n) is 4.86. The molecule has 0 bridgehead atoms. The van der Waals surface area contributed by atoms with Crippen LogP contribution in [0.1, 0.15) is 28.4 Å². The van der Waals surface area contributed by atoms with Crippen LogP contribution in [-0.4, -0.2) is 52.1 Å². The second-order valence-corrected chi connectivity index (χ2v) is 6.82. The average Bonchev–Trinajstić information content (AvgIpc) is 2.76. The van der Waals surface area contributed by atoms with Crippen LogP contribution in [-0.2, 0) is 6.42 Å². The van der Waals surface area contributed by atoms with Gasteiger partial charge in [-0.1, -0.05) is 30.3 Å². The van der Waals surface area contributed by atoms with E-state index in [1.54, 1.807) is 14.1 Å². The van der Waals surface area contributed by atoms with Gasteiger partial charge in [-0.2, -0.15) is 0 Å². The first-order valence-corrected chi connectivity index (χ1v) is 10.1. The minimum Gasteiger partial charge on any atom is -0.370 e. The fourth-order valence-electron chi connectivity index (χ4n) is 3.23. The summed E-state index contributed by atoms with van der Waals surface area (Å²) in [6.45, 7) is 7.72. The maximum Gasteiger partial charge on any atom is 0.251 e. The smallest absolute Gasteiger partial charge is 0.251 e. The highest BCUT2D eigenvalue weighted by Gasteiger charge is 2.07. The van der Waals surface area contributed by atoms with Gasteiger partial charge in [-0.15, -0.1) is 24.0 Å². The number of hydrogen-bond acceptors (Lipinski definition) is 3. The van der Waals surface area contributed by atoms with Crippen molar-refractivity contribution in [3.63, 3.8) is 0 Å². The molecule has 6 nitrogen and oxygen atoms in total. The molecule has 0 unspecified atom stereocenters. The van der Waals surface area contributed by atoms with Crippen LogP contribution in [0.2, 0.25) is 0 Å². The molecule has 0 heterocycles. The Hall–Kier alpha value is -2.29. The standard InChI is InChI=1S/C23H33N5O.HI/c1-5-28(21-12-7-6-9-18(21)2)16-15-27-23(25-4)26-14-13-19-10-8-11-20(17-19)22(29)24-3;/h6-12,17H,5,13-16H2,1-4H3,(H,24,29)(H2,25,26,27);1H. The Labute approximate surface area is 197 Å². The Morgan fingerprint density at radius 1 is 1.07 bits per heavy atom. The molecule has 0 aromatic heterocycles. The summed E-state index contributed by atoms with van der Waals surface area (Å²) in [5.74, 6) is 0.722. The number of likely N-dealkylation sites (N-methyl/N-ethyl adjacent to an activating group) is 1. The molecular weight excluding hydrogens is 489 g/mol. The number of amides is 1. The van der Waals surface area contributed by atoms with Gasteiger partial charge in [0.2, 0.25) is 0 Å². The summed E-state index contributed by atoms with van der Waals surface area (Å²) in [6, 6.07) is 16.2. The maximum absolute atomic E-state index is 11.8. The molecule has 1 amide bonds. The maximum atomic E-state index is 11.8. The SMILES string of the molecule is CCN(CCNC(=NC)NCCc1cccc(C(=O)NC)c1)c1ccccc1C.I. The third-order valence-corrected chi connectivity index (χ3v) is 4.86. The number of aryl methyl sites for hydroxylation is 1. The number of rotatable bonds is 9. The van der Waals surface area contributed by atoms with Crippen molar-refractivity contribution in [3.8, 4) is 0 Å². The predicted molar refractivity (Wildman–Crippen MR) is 137 cm³/mol. The summed E-state index contributed by atoms with van der Waals surface area (Å²) in [7, 11) is 3.42. The first-order valence-electron chi connectivity index (χ1n) is 10.1. The number of guanidine groups is 1. The van der Waals surface area contributed by atoms with Gasteiger partial charge in [0, 0.05) is 51.5 Å². The molecule has 0 saturated heterocycles. The van der Waals surface area contributed by atoms with Gasteiger partial charge in [-0.3, -0.25) is 9.79 Å². The summed E-state index contributed by atoms with van der Waals surface area (Å²) in [6.07, 6.45) is 0.815. The highest BCUT2D eigenvalue weighted by atomic mass is 127. The monoisotopic (exact) mass is 523 g/mol. The molecule has 2 aromatic rings. The van der Waals surface area contributed by atoms with E-state index in [0.717, 1.165) is 44.1 Å². The largest absolute Gasteiger partial charge is 0.370 e. The van der Waals surface area contributed by atoms with Gasteiger partial charge in [0.15, 0.2) is 5.96 Å². The third kappa shape index (κ3) is 7.85. The van der Waals surface area contributed by atoms with Gasteiger partial charge >= 0.3 is 0 Å².